The number of halogens is 2. The molecule has 45 heavy (non-hydrogen) atoms. The van der Waals surface area contributed by atoms with Gasteiger partial charge in [0.1, 0.15) is 0 Å². The Morgan fingerprint density at radius 2 is 1.29 bits per heavy atom. The second-order valence-corrected chi connectivity index (χ2v) is 22.9. The van der Waals surface area contributed by atoms with Crippen LogP contribution in [0.1, 0.15) is 121 Å². The van der Waals surface area contributed by atoms with Crippen molar-refractivity contribution in [2.75, 3.05) is 0 Å². The van der Waals surface area contributed by atoms with Gasteiger partial charge in [-0.05, 0) is 0 Å². The summed E-state index contributed by atoms with van der Waals surface area (Å²) in [5.41, 5.74) is 16.8. The Balaban J connectivity index is 0.00000276. The fourth-order valence-corrected chi connectivity index (χ4v) is 15.9. The van der Waals surface area contributed by atoms with Crippen molar-refractivity contribution in [1.29, 1.82) is 0 Å². The molecule has 0 fully saturated rings. The smallest absolute Gasteiger partial charge is 1.00 e. The van der Waals surface area contributed by atoms with E-state index in [1.165, 1.54) is 50.1 Å². The van der Waals surface area contributed by atoms with Gasteiger partial charge in [0.25, 0.3) is 0 Å². The van der Waals surface area contributed by atoms with Gasteiger partial charge in [-0.25, -0.2) is 0 Å². The van der Waals surface area contributed by atoms with Gasteiger partial charge in [-0.2, -0.15) is 0 Å². The van der Waals surface area contributed by atoms with E-state index in [4.69, 9.17) is 0 Å². The molecule has 0 bridgehead atoms. The molecule has 0 aliphatic heterocycles. The van der Waals surface area contributed by atoms with E-state index in [1.54, 1.807) is 20.9 Å². The molecule has 1 atom stereocenters. The van der Waals surface area contributed by atoms with E-state index in [0.717, 1.165) is 6.42 Å². The molecule has 3 aromatic rings. The molecular weight excluding hydrogens is 667 g/mol. The van der Waals surface area contributed by atoms with Crippen molar-refractivity contribution < 1.29 is 46.1 Å². The topological polar surface area (TPSA) is 0 Å². The van der Waals surface area contributed by atoms with Crippen LogP contribution in [0.15, 0.2) is 63.5 Å². The van der Waals surface area contributed by atoms with Gasteiger partial charge in [-0.1, -0.05) is 0 Å². The van der Waals surface area contributed by atoms with E-state index < -0.39 is 21.3 Å². The maximum atomic E-state index is 2.65. The summed E-state index contributed by atoms with van der Waals surface area (Å²) in [6, 6.07) is 17.1. The first-order valence-corrected chi connectivity index (χ1v) is 20.0. The SMILES string of the molecule is C/[C](c1ccc(C)cc1)=[Zr+2](\[C]1=CC(C(C)(C)C)=CC1C)[c]1c(C)c(C(C)(C)C)cc2c1Cc1cc(C)c(C(C)(C)C)cc1-2.[Cl-].[Cl-]. The summed E-state index contributed by atoms with van der Waals surface area (Å²) in [7, 11) is 0. The third-order valence-corrected chi connectivity index (χ3v) is 18.3. The molecule has 240 valence electrons. The molecule has 1 unspecified atom stereocenters. The monoisotopic (exact) mass is 718 g/mol. The number of benzene rings is 3. The average Bonchev–Trinajstić information content (AvgIpc) is 3.43. The summed E-state index contributed by atoms with van der Waals surface area (Å²) in [6.07, 6.45) is 6.29. The van der Waals surface area contributed by atoms with Gasteiger partial charge in [0.2, 0.25) is 0 Å². The van der Waals surface area contributed by atoms with Crippen LogP contribution in [0.2, 0.25) is 0 Å². The van der Waals surface area contributed by atoms with Crippen molar-refractivity contribution in [1.82, 2.24) is 0 Å². The number of rotatable bonds is 3. The van der Waals surface area contributed by atoms with Crippen LogP contribution < -0.4 is 28.1 Å². The van der Waals surface area contributed by atoms with Gasteiger partial charge in [-0.3, -0.25) is 0 Å². The summed E-state index contributed by atoms with van der Waals surface area (Å²) >= 11 is -2.64. The zero-order chi connectivity index (χ0) is 31.8. The predicted octanol–water partition coefficient (Wildman–Crippen LogP) is 4.78. The molecule has 0 saturated carbocycles. The van der Waals surface area contributed by atoms with Crippen molar-refractivity contribution in [2.45, 2.75) is 114 Å². The normalized spacial score (nSPS) is 16.2. The summed E-state index contributed by atoms with van der Waals surface area (Å²) in [6.45, 7) is 33.4. The van der Waals surface area contributed by atoms with E-state index >= 15 is 0 Å². The molecule has 0 saturated heterocycles. The van der Waals surface area contributed by atoms with E-state index in [1.807, 2.05) is 0 Å². The second-order valence-electron chi connectivity index (χ2n) is 16.6. The molecule has 2 aliphatic carbocycles. The van der Waals surface area contributed by atoms with Crippen molar-refractivity contribution in [2.24, 2.45) is 11.3 Å². The number of fused-ring (bicyclic) bond motifs is 3. The maximum Gasteiger partial charge on any atom is -1.00 e. The van der Waals surface area contributed by atoms with Crippen LogP contribution in [0.3, 0.4) is 0 Å². The Hall–Kier alpha value is -1.53. The Labute approximate surface area is 295 Å². The molecular formula is C42H54Cl2Zr. The molecule has 0 amide bonds. The van der Waals surface area contributed by atoms with Crippen LogP contribution in [0.4, 0.5) is 0 Å². The van der Waals surface area contributed by atoms with Crippen molar-refractivity contribution in [3.05, 3.63) is 108 Å². The van der Waals surface area contributed by atoms with Crippen LogP contribution >= 0.6 is 0 Å². The zero-order valence-corrected chi connectivity index (χ0v) is 34.2. The van der Waals surface area contributed by atoms with E-state index in [-0.39, 0.29) is 41.1 Å². The first-order chi connectivity index (χ1) is 19.8. The molecule has 0 N–H and O–H groups in total. The number of hydrogen-bond acceptors (Lipinski definition) is 0. The predicted molar refractivity (Wildman–Crippen MR) is 187 cm³/mol. The zero-order valence-electron chi connectivity index (χ0n) is 30.2. The molecule has 2 aliphatic rings. The van der Waals surface area contributed by atoms with Crippen LogP contribution in [0, 0.1) is 32.1 Å². The molecule has 0 spiro atoms. The van der Waals surface area contributed by atoms with E-state index in [9.17, 15) is 0 Å². The molecule has 0 aromatic heterocycles. The standard InChI is InChI=1S/C23H29.C10H15.C9H10.2ClH.Zr/c1-14-9-16-11-17-10-15(2)21(23(6,7)8)13-19(17)18(16)12-20(14)22(3,4)5;1-8-5-6-9(7-8)10(2,3)4;1-3-9-6-4-8(2)5-7-9;;;/h9,12-13H,11H2,1-8H3;6-8H,1-4H3;4-7H,1-2H3;2*1H;/q;;;;;+2/p-2. The molecule has 0 nitrogen and oxygen atoms in total. The van der Waals surface area contributed by atoms with Crippen LogP contribution in [0.5, 0.6) is 0 Å². The average molecular weight is 721 g/mol. The first-order valence-electron chi connectivity index (χ1n) is 16.3. The van der Waals surface area contributed by atoms with E-state index in [2.05, 4.69) is 152 Å². The van der Waals surface area contributed by atoms with Crippen molar-refractivity contribution in [3.63, 3.8) is 0 Å². The van der Waals surface area contributed by atoms with Gasteiger partial charge < -0.3 is 24.8 Å². The summed E-state index contributed by atoms with van der Waals surface area (Å²) in [4.78, 5) is 0. The molecule has 5 rings (SSSR count). The number of allylic oxidation sites excluding steroid dienone is 4. The Kier molecular flexibility index (Phi) is 11.1. The van der Waals surface area contributed by atoms with Gasteiger partial charge in [0.05, 0.1) is 0 Å². The molecule has 3 aromatic carbocycles. The molecule has 3 heteroatoms. The third-order valence-electron chi connectivity index (χ3n) is 9.91. The summed E-state index contributed by atoms with van der Waals surface area (Å²) in [5.74, 6) is 0.482. The quantitative estimate of drug-likeness (QED) is 0.286. The largest absolute Gasteiger partial charge is 1.00 e. The second kappa shape index (κ2) is 13.2. The van der Waals surface area contributed by atoms with Crippen molar-refractivity contribution >= 4 is 6.48 Å². The minimum Gasteiger partial charge on any atom is -1.00 e. The molecule has 0 radical (unpaired) electrons. The van der Waals surface area contributed by atoms with Crippen LogP contribution in [0.25, 0.3) is 11.1 Å². The maximum absolute atomic E-state index is 2.65. The number of hydrogen-bond donors (Lipinski definition) is 0. The third kappa shape index (κ3) is 7.17. The fourth-order valence-electron chi connectivity index (χ4n) is 7.51. The Morgan fingerprint density at radius 3 is 1.80 bits per heavy atom. The van der Waals surface area contributed by atoms with Gasteiger partial charge >= 0.3 is 272 Å². The number of aryl methyl sites for hydroxylation is 2. The minimum atomic E-state index is -2.64. The van der Waals surface area contributed by atoms with Gasteiger partial charge in [-0.15, -0.1) is 0 Å². The summed E-state index contributed by atoms with van der Waals surface area (Å²) in [5, 5.41) is 0. The van der Waals surface area contributed by atoms with E-state index in [0.29, 0.717) is 5.92 Å². The van der Waals surface area contributed by atoms with Gasteiger partial charge in [0.15, 0.2) is 0 Å². The summed E-state index contributed by atoms with van der Waals surface area (Å²) < 4.78 is 5.14. The van der Waals surface area contributed by atoms with Crippen molar-refractivity contribution in [3.8, 4) is 11.1 Å². The van der Waals surface area contributed by atoms with Gasteiger partial charge in [0, 0.05) is 0 Å². The first kappa shape index (κ1) is 37.9. The fraction of sp³-hybridized carbons (Fsp3) is 0.452. The van der Waals surface area contributed by atoms with Crippen LogP contribution in [-0.2, 0) is 38.5 Å². The van der Waals surface area contributed by atoms with Crippen LogP contribution in [-0.4, -0.2) is 3.21 Å². The Morgan fingerprint density at radius 1 is 0.733 bits per heavy atom. The Bertz CT molecular complexity index is 1710. The minimum absolute atomic E-state index is 0. The molecule has 0 heterocycles.